The highest BCUT2D eigenvalue weighted by molar-refractivity contribution is 14.1. The first-order chi connectivity index (χ1) is 16.0. The van der Waals surface area contributed by atoms with Gasteiger partial charge >= 0.3 is 0 Å². The summed E-state index contributed by atoms with van der Waals surface area (Å²) >= 11 is 6.00. The maximum atomic E-state index is 5.05. The van der Waals surface area contributed by atoms with Crippen LogP contribution in [0.25, 0.3) is 11.1 Å². The molecule has 0 bridgehead atoms. The van der Waals surface area contributed by atoms with Crippen LogP contribution in [0.4, 0.5) is 5.82 Å². The van der Waals surface area contributed by atoms with Gasteiger partial charge in [0, 0.05) is 33.0 Å². The second-order valence-corrected chi connectivity index (χ2v) is 11.4. The summed E-state index contributed by atoms with van der Waals surface area (Å²) in [5, 5.41) is 3.70. The van der Waals surface area contributed by atoms with E-state index in [4.69, 9.17) is 9.97 Å². The summed E-state index contributed by atoms with van der Waals surface area (Å²) in [6.45, 7) is 6.78. The van der Waals surface area contributed by atoms with Crippen LogP contribution in [-0.4, -0.2) is 41.0 Å². The van der Waals surface area contributed by atoms with Crippen molar-refractivity contribution >= 4 is 44.3 Å². The molecular formula is C27H30BrIN4. The average molecular weight is 617 g/mol. The molecule has 172 valence electrons. The number of piperidine rings is 1. The van der Waals surface area contributed by atoms with E-state index < -0.39 is 0 Å². The number of fused-ring (bicyclic) bond motifs is 3. The Morgan fingerprint density at radius 2 is 1.91 bits per heavy atom. The summed E-state index contributed by atoms with van der Waals surface area (Å²) in [5.41, 5.74) is 7.55. The fourth-order valence-corrected chi connectivity index (χ4v) is 6.76. The van der Waals surface area contributed by atoms with Gasteiger partial charge in [0.1, 0.15) is 11.6 Å². The van der Waals surface area contributed by atoms with Crippen LogP contribution in [0.5, 0.6) is 0 Å². The van der Waals surface area contributed by atoms with Crippen molar-refractivity contribution in [1.29, 1.82) is 0 Å². The molecule has 1 N–H and O–H groups in total. The summed E-state index contributed by atoms with van der Waals surface area (Å²) in [7, 11) is 0. The average Bonchev–Trinajstić information content (AvgIpc) is 3.14. The minimum atomic E-state index is 0.737. The summed E-state index contributed by atoms with van der Waals surface area (Å²) in [4.78, 5) is 12.7. The number of anilines is 1. The molecule has 0 saturated carbocycles. The van der Waals surface area contributed by atoms with Crippen LogP contribution in [0.15, 0.2) is 40.9 Å². The Labute approximate surface area is 218 Å². The highest BCUT2D eigenvalue weighted by Gasteiger charge is 2.25. The maximum absolute atomic E-state index is 5.05. The molecule has 4 nitrogen and oxygen atoms in total. The van der Waals surface area contributed by atoms with Crippen LogP contribution in [0.2, 0.25) is 0 Å². The third-order valence-corrected chi connectivity index (χ3v) is 7.68. The van der Waals surface area contributed by atoms with Crippen molar-refractivity contribution in [3.05, 3.63) is 72.6 Å². The number of hydrogen-bond acceptors (Lipinski definition) is 4. The molecule has 0 amide bonds. The number of likely N-dealkylation sites (tertiary alicyclic amines) is 1. The second-order valence-electron chi connectivity index (χ2n) is 9.28. The fraction of sp³-hybridized carbons (Fsp3) is 0.407. The largest absolute Gasteiger partial charge is 0.369 e. The van der Waals surface area contributed by atoms with Gasteiger partial charge in [0.25, 0.3) is 0 Å². The molecule has 1 fully saturated rings. The van der Waals surface area contributed by atoms with Crippen LogP contribution >= 0.6 is 38.5 Å². The lowest BCUT2D eigenvalue weighted by Gasteiger charge is -2.26. The van der Waals surface area contributed by atoms with E-state index in [-0.39, 0.29) is 0 Å². The molecule has 0 unspecified atom stereocenters. The molecule has 1 saturated heterocycles. The van der Waals surface area contributed by atoms with Gasteiger partial charge in [-0.05, 0) is 103 Å². The van der Waals surface area contributed by atoms with Gasteiger partial charge in [-0.2, -0.15) is 0 Å². The van der Waals surface area contributed by atoms with Gasteiger partial charge in [-0.1, -0.05) is 46.1 Å². The zero-order valence-corrected chi connectivity index (χ0v) is 22.9. The van der Waals surface area contributed by atoms with Crippen molar-refractivity contribution in [3.8, 4) is 11.1 Å². The number of aryl methyl sites for hydroxylation is 1. The molecule has 0 radical (unpaired) electrons. The van der Waals surface area contributed by atoms with E-state index in [1.165, 1.54) is 70.3 Å². The molecule has 1 aliphatic heterocycles. The predicted molar refractivity (Wildman–Crippen MR) is 148 cm³/mol. The molecule has 1 aliphatic carbocycles. The molecule has 5 rings (SSSR count). The zero-order chi connectivity index (χ0) is 22.8. The van der Waals surface area contributed by atoms with Crippen molar-refractivity contribution in [2.45, 2.75) is 45.4 Å². The van der Waals surface area contributed by atoms with Crippen LogP contribution in [0, 0.1) is 10.5 Å². The van der Waals surface area contributed by atoms with Gasteiger partial charge in [0.15, 0.2) is 0 Å². The number of nitrogens with zero attached hydrogens (tertiary/aromatic N) is 3. The molecule has 2 aromatic carbocycles. The molecule has 3 aromatic rings. The van der Waals surface area contributed by atoms with Crippen molar-refractivity contribution in [3.63, 3.8) is 0 Å². The lowest BCUT2D eigenvalue weighted by Crippen LogP contribution is -2.31. The number of aromatic nitrogens is 2. The summed E-state index contributed by atoms with van der Waals surface area (Å²) in [6, 6.07) is 13.3. The normalized spacial score (nSPS) is 15.4. The zero-order valence-electron chi connectivity index (χ0n) is 19.1. The molecule has 0 spiro atoms. The third-order valence-electron chi connectivity index (χ3n) is 6.60. The Hall–Kier alpha value is -1.51. The number of benzene rings is 2. The fourth-order valence-electron chi connectivity index (χ4n) is 5.06. The Balaban J connectivity index is 1.39. The monoisotopic (exact) mass is 616 g/mol. The maximum Gasteiger partial charge on any atom is 0.137 e. The summed E-state index contributed by atoms with van der Waals surface area (Å²) < 4.78 is 2.32. The minimum Gasteiger partial charge on any atom is -0.369 e. The van der Waals surface area contributed by atoms with Crippen LogP contribution in [0.3, 0.4) is 0 Å². The molecule has 1 aromatic heterocycles. The smallest absolute Gasteiger partial charge is 0.137 e. The van der Waals surface area contributed by atoms with E-state index >= 15 is 0 Å². The first-order valence-electron chi connectivity index (χ1n) is 12.0. The highest BCUT2D eigenvalue weighted by atomic mass is 127. The first-order valence-corrected chi connectivity index (χ1v) is 13.8. The second kappa shape index (κ2) is 10.4. The molecule has 2 aliphatic rings. The molecule has 0 atom stereocenters. The van der Waals surface area contributed by atoms with Gasteiger partial charge in [-0.25, -0.2) is 9.97 Å². The third kappa shape index (κ3) is 5.60. The quantitative estimate of drug-likeness (QED) is 0.188. The van der Waals surface area contributed by atoms with Gasteiger partial charge in [0.05, 0.1) is 5.69 Å². The topological polar surface area (TPSA) is 41.1 Å². The Morgan fingerprint density at radius 3 is 2.73 bits per heavy atom. The van der Waals surface area contributed by atoms with E-state index in [1.54, 1.807) is 0 Å². The number of halogens is 2. The van der Waals surface area contributed by atoms with Crippen LogP contribution in [-0.2, 0) is 12.8 Å². The Bertz CT molecular complexity index is 1140. The Morgan fingerprint density at radius 1 is 1.06 bits per heavy atom. The molecule has 33 heavy (non-hydrogen) atoms. The summed E-state index contributed by atoms with van der Waals surface area (Å²) in [5.74, 6) is 1.90. The minimum absolute atomic E-state index is 0.737. The molecule has 6 heteroatoms. The van der Waals surface area contributed by atoms with E-state index in [9.17, 15) is 0 Å². The predicted octanol–water partition coefficient (Wildman–Crippen LogP) is 6.60. The van der Waals surface area contributed by atoms with Crippen molar-refractivity contribution in [2.24, 2.45) is 0 Å². The van der Waals surface area contributed by atoms with Crippen LogP contribution in [0.1, 0.15) is 53.9 Å². The van der Waals surface area contributed by atoms with Crippen molar-refractivity contribution in [1.82, 2.24) is 14.9 Å². The number of hydrogen-bond donors (Lipinski definition) is 1. The van der Waals surface area contributed by atoms with E-state index in [2.05, 4.69) is 92.1 Å². The lowest BCUT2D eigenvalue weighted by molar-refractivity contribution is 0.228. The number of nitrogens with one attached hydrogen (secondary N) is 1. The molecule has 2 heterocycles. The van der Waals surface area contributed by atoms with Gasteiger partial charge < -0.3 is 10.2 Å². The van der Waals surface area contributed by atoms with Crippen LogP contribution < -0.4 is 5.32 Å². The van der Waals surface area contributed by atoms with Crippen molar-refractivity contribution in [2.75, 3.05) is 31.5 Å². The lowest BCUT2D eigenvalue weighted by atomic mass is 10.0. The van der Waals surface area contributed by atoms with E-state index in [0.29, 0.717) is 0 Å². The first kappa shape index (κ1) is 23.2. The molecular weight excluding hydrogens is 587 g/mol. The SMILES string of the molecule is Cc1ccc2c(c1)Cc1nc(Cc3cc(Br)cc(I)c3)nc(NCCCN3CCCCC3)c1-2. The Kier molecular flexibility index (Phi) is 7.33. The standard InChI is InChI=1S/C27H30BrIN4/c1-18-6-7-23-20(12-18)16-24-26(23)27(30-8-5-11-33-9-3-2-4-10-33)32-25(31-24)15-19-13-21(28)17-22(29)14-19/h6-7,12-14,17H,2-5,8-11,15-16H2,1H3,(H,30,31,32). The van der Waals surface area contributed by atoms with E-state index in [1.807, 2.05) is 0 Å². The van der Waals surface area contributed by atoms with E-state index in [0.717, 1.165) is 47.6 Å². The highest BCUT2D eigenvalue weighted by Crippen LogP contribution is 2.40. The van der Waals surface area contributed by atoms with Crippen molar-refractivity contribution < 1.29 is 0 Å². The van der Waals surface area contributed by atoms with Gasteiger partial charge in [-0.15, -0.1) is 0 Å². The number of rotatable bonds is 7. The van der Waals surface area contributed by atoms with Gasteiger partial charge in [-0.3, -0.25) is 0 Å². The summed E-state index contributed by atoms with van der Waals surface area (Å²) in [6.07, 6.45) is 6.85. The van der Waals surface area contributed by atoms with Gasteiger partial charge in [0.2, 0.25) is 0 Å².